The fraction of sp³-hybridized carbons (Fsp3) is 0.550. The lowest BCUT2D eigenvalue weighted by Gasteiger charge is -2.33. The van der Waals surface area contributed by atoms with Crippen LogP contribution in [-0.2, 0) is 13.1 Å². The van der Waals surface area contributed by atoms with E-state index in [0.717, 1.165) is 42.9 Å². The van der Waals surface area contributed by atoms with Crippen molar-refractivity contribution in [2.45, 2.75) is 45.2 Å². The van der Waals surface area contributed by atoms with E-state index in [0.29, 0.717) is 0 Å². The number of imidazole rings is 1. The summed E-state index contributed by atoms with van der Waals surface area (Å²) in [4.78, 5) is 7.23. The first-order valence-corrected chi connectivity index (χ1v) is 9.49. The van der Waals surface area contributed by atoms with Crippen molar-refractivity contribution in [2.75, 3.05) is 25.5 Å². The van der Waals surface area contributed by atoms with Crippen LogP contribution < -0.4 is 10.1 Å². The molecule has 1 aliphatic heterocycles. The van der Waals surface area contributed by atoms with Crippen molar-refractivity contribution in [1.29, 1.82) is 0 Å². The molecule has 1 aromatic heterocycles. The molecule has 2 aliphatic rings. The molecule has 1 aromatic carbocycles. The van der Waals surface area contributed by atoms with Crippen LogP contribution in [0.5, 0.6) is 5.75 Å². The SMILES string of the molecule is COc1cccc(Nc2ncc3n2CCN(CC2CCCCC2)C3)c1. The lowest BCUT2D eigenvalue weighted by Crippen LogP contribution is -2.37. The van der Waals surface area contributed by atoms with Crippen LogP contribution >= 0.6 is 0 Å². The van der Waals surface area contributed by atoms with Crippen molar-refractivity contribution in [1.82, 2.24) is 14.5 Å². The predicted octanol–water partition coefficient (Wildman–Crippen LogP) is 4.03. The monoisotopic (exact) mass is 340 g/mol. The van der Waals surface area contributed by atoms with Crippen LogP contribution in [0.4, 0.5) is 11.6 Å². The lowest BCUT2D eigenvalue weighted by atomic mass is 9.89. The number of hydrogen-bond acceptors (Lipinski definition) is 4. The second-order valence-electron chi connectivity index (χ2n) is 7.32. The number of benzene rings is 1. The average Bonchev–Trinajstić information content (AvgIpc) is 3.05. The molecule has 0 unspecified atom stereocenters. The Bertz CT molecular complexity index is 705. The summed E-state index contributed by atoms with van der Waals surface area (Å²) in [7, 11) is 1.69. The highest BCUT2D eigenvalue weighted by molar-refractivity contribution is 5.56. The van der Waals surface area contributed by atoms with Gasteiger partial charge in [-0.3, -0.25) is 4.90 Å². The molecule has 1 N–H and O–H groups in total. The molecule has 5 nitrogen and oxygen atoms in total. The van der Waals surface area contributed by atoms with E-state index in [9.17, 15) is 0 Å². The molecule has 0 saturated heterocycles. The number of ether oxygens (including phenoxy) is 1. The fourth-order valence-electron chi connectivity index (χ4n) is 4.16. The number of rotatable bonds is 5. The number of anilines is 2. The Kier molecular flexibility index (Phi) is 4.92. The Labute approximate surface area is 150 Å². The Balaban J connectivity index is 1.41. The topological polar surface area (TPSA) is 42.3 Å². The third kappa shape index (κ3) is 3.82. The molecule has 134 valence electrons. The van der Waals surface area contributed by atoms with Crippen LogP contribution in [0.25, 0.3) is 0 Å². The molecule has 25 heavy (non-hydrogen) atoms. The van der Waals surface area contributed by atoms with E-state index in [1.165, 1.54) is 44.3 Å². The second kappa shape index (κ2) is 7.48. The average molecular weight is 340 g/mol. The number of fused-ring (bicyclic) bond motifs is 1. The highest BCUT2D eigenvalue weighted by Crippen LogP contribution is 2.27. The largest absolute Gasteiger partial charge is 0.497 e. The minimum atomic E-state index is 0.856. The summed E-state index contributed by atoms with van der Waals surface area (Å²) in [5.41, 5.74) is 2.32. The quantitative estimate of drug-likeness (QED) is 0.892. The van der Waals surface area contributed by atoms with E-state index in [2.05, 4.69) is 19.8 Å². The van der Waals surface area contributed by atoms with Gasteiger partial charge in [0.1, 0.15) is 5.75 Å². The van der Waals surface area contributed by atoms with Gasteiger partial charge in [0.25, 0.3) is 0 Å². The molecule has 0 radical (unpaired) electrons. The number of aromatic nitrogens is 2. The maximum Gasteiger partial charge on any atom is 0.207 e. The number of methoxy groups -OCH3 is 1. The molecular formula is C20H28N4O. The van der Waals surface area contributed by atoms with E-state index in [1.807, 2.05) is 30.5 Å². The maximum absolute atomic E-state index is 5.30. The standard InChI is InChI=1S/C20H28N4O/c1-25-19-9-5-8-17(12-19)22-20-21-13-18-15-23(10-11-24(18)20)14-16-6-3-2-4-7-16/h5,8-9,12-13,16H,2-4,6-7,10-11,14-15H2,1H3,(H,21,22). The summed E-state index contributed by atoms with van der Waals surface area (Å²) in [6.45, 7) is 4.40. The van der Waals surface area contributed by atoms with Gasteiger partial charge in [-0.15, -0.1) is 0 Å². The summed E-state index contributed by atoms with van der Waals surface area (Å²) in [5, 5.41) is 3.44. The zero-order valence-corrected chi connectivity index (χ0v) is 15.1. The maximum atomic E-state index is 5.30. The van der Waals surface area contributed by atoms with Crippen molar-refractivity contribution >= 4 is 11.6 Å². The van der Waals surface area contributed by atoms with Crippen molar-refractivity contribution in [3.8, 4) is 5.75 Å². The molecule has 1 aliphatic carbocycles. The van der Waals surface area contributed by atoms with Crippen LogP contribution in [0.1, 0.15) is 37.8 Å². The molecule has 0 amide bonds. The summed E-state index contributed by atoms with van der Waals surface area (Å²) in [6, 6.07) is 7.99. The molecule has 2 aromatic rings. The first-order chi connectivity index (χ1) is 12.3. The van der Waals surface area contributed by atoms with Crippen molar-refractivity contribution in [2.24, 2.45) is 5.92 Å². The van der Waals surface area contributed by atoms with E-state index >= 15 is 0 Å². The third-order valence-electron chi connectivity index (χ3n) is 5.53. The molecule has 0 spiro atoms. The van der Waals surface area contributed by atoms with Gasteiger partial charge in [-0.25, -0.2) is 4.98 Å². The van der Waals surface area contributed by atoms with Crippen LogP contribution in [-0.4, -0.2) is 34.7 Å². The molecule has 1 fully saturated rings. The van der Waals surface area contributed by atoms with Crippen molar-refractivity contribution in [3.63, 3.8) is 0 Å². The third-order valence-corrected chi connectivity index (χ3v) is 5.53. The summed E-state index contributed by atoms with van der Waals surface area (Å²) >= 11 is 0. The highest BCUT2D eigenvalue weighted by atomic mass is 16.5. The van der Waals surface area contributed by atoms with Crippen LogP contribution in [0.3, 0.4) is 0 Å². The molecule has 1 saturated carbocycles. The van der Waals surface area contributed by atoms with Crippen LogP contribution in [0.2, 0.25) is 0 Å². The van der Waals surface area contributed by atoms with Gasteiger partial charge in [0, 0.05) is 37.9 Å². The molecule has 2 heterocycles. The van der Waals surface area contributed by atoms with E-state index in [1.54, 1.807) is 7.11 Å². The molecule has 0 atom stereocenters. The summed E-state index contributed by atoms with van der Waals surface area (Å²) in [5.74, 6) is 2.69. The van der Waals surface area contributed by atoms with Crippen LogP contribution in [0.15, 0.2) is 30.5 Å². The zero-order valence-electron chi connectivity index (χ0n) is 15.1. The highest BCUT2D eigenvalue weighted by Gasteiger charge is 2.23. The number of nitrogens with one attached hydrogen (secondary N) is 1. The summed E-state index contributed by atoms with van der Waals surface area (Å²) in [6.07, 6.45) is 9.13. The lowest BCUT2D eigenvalue weighted by molar-refractivity contribution is 0.168. The van der Waals surface area contributed by atoms with E-state index in [4.69, 9.17) is 4.74 Å². The zero-order chi connectivity index (χ0) is 17.1. The Morgan fingerprint density at radius 3 is 2.92 bits per heavy atom. The van der Waals surface area contributed by atoms with Crippen LogP contribution in [0, 0.1) is 5.92 Å². The van der Waals surface area contributed by atoms with Crippen molar-refractivity contribution < 1.29 is 4.74 Å². The molecule has 4 rings (SSSR count). The molecule has 5 heteroatoms. The van der Waals surface area contributed by atoms with Gasteiger partial charge in [-0.1, -0.05) is 25.3 Å². The number of nitrogens with zero attached hydrogens (tertiary/aromatic N) is 3. The van der Waals surface area contributed by atoms with Gasteiger partial charge in [-0.2, -0.15) is 0 Å². The normalized spacial score (nSPS) is 18.8. The van der Waals surface area contributed by atoms with Gasteiger partial charge in [0.2, 0.25) is 5.95 Å². The second-order valence-corrected chi connectivity index (χ2v) is 7.32. The predicted molar refractivity (Wildman–Crippen MR) is 100 cm³/mol. The summed E-state index contributed by atoms with van der Waals surface area (Å²) < 4.78 is 7.62. The Morgan fingerprint density at radius 2 is 2.08 bits per heavy atom. The first-order valence-electron chi connectivity index (χ1n) is 9.49. The van der Waals surface area contributed by atoms with Gasteiger partial charge in [0.15, 0.2) is 0 Å². The van der Waals surface area contributed by atoms with Gasteiger partial charge >= 0.3 is 0 Å². The van der Waals surface area contributed by atoms with Gasteiger partial charge < -0.3 is 14.6 Å². The van der Waals surface area contributed by atoms with Gasteiger partial charge in [-0.05, 0) is 30.9 Å². The first kappa shape index (κ1) is 16.5. The minimum absolute atomic E-state index is 0.856. The Morgan fingerprint density at radius 1 is 1.20 bits per heavy atom. The Hall–Kier alpha value is -2.01. The molecule has 0 bridgehead atoms. The van der Waals surface area contributed by atoms with Gasteiger partial charge in [0.05, 0.1) is 19.0 Å². The fourth-order valence-corrected chi connectivity index (χ4v) is 4.16. The van der Waals surface area contributed by atoms with E-state index < -0.39 is 0 Å². The van der Waals surface area contributed by atoms with Crippen molar-refractivity contribution in [3.05, 3.63) is 36.2 Å². The molecular weight excluding hydrogens is 312 g/mol. The van der Waals surface area contributed by atoms with E-state index in [-0.39, 0.29) is 0 Å². The minimum Gasteiger partial charge on any atom is -0.497 e. The smallest absolute Gasteiger partial charge is 0.207 e. The number of hydrogen-bond donors (Lipinski definition) is 1.